The molecule has 4 rings (SSSR count). The van der Waals surface area contributed by atoms with Gasteiger partial charge in [0.1, 0.15) is 18.3 Å². The van der Waals surface area contributed by atoms with Crippen molar-refractivity contribution in [3.05, 3.63) is 54.0 Å². The smallest absolute Gasteiger partial charge is 0.154 e. The van der Waals surface area contributed by atoms with Gasteiger partial charge in [-0.25, -0.2) is 14.4 Å². The maximum absolute atomic E-state index is 13.6. The monoisotopic (exact) mass is 296 g/mol. The van der Waals surface area contributed by atoms with E-state index in [1.165, 1.54) is 6.20 Å². The lowest BCUT2D eigenvalue weighted by atomic mass is 9.83. The number of rotatable bonds is 1. The molecule has 2 aromatic rings. The fourth-order valence-electron chi connectivity index (χ4n) is 3.36. The molecular formula is C17H17FN4. The minimum absolute atomic E-state index is 0.0721. The van der Waals surface area contributed by atoms with Gasteiger partial charge in [-0.2, -0.15) is 5.10 Å². The molecule has 0 amide bonds. The minimum atomic E-state index is -0.292. The van der Waals surface area contributed by atoms with Crippen LogP contribution in [-0.2, 0) is 0 Å². The Labute approximate surface area is 128 Å². The predicted molar refractivity (Wildman–Crippen MR) is 85.5 cm³/mol. The van der Waals surface area contributed by atoms with Crippen LogP contribution in [0.4, 0.5) is 15.9 Å². The molecule has 112 valence electrons. The van der Waals surface area contributed by atoms with E-state index in [1.54, 1.807) is 6.07 Å². The quantitative estimate of drug-likeness (QED) is 0.806. The van der Waals surface area contributed by atoms with Gasteiger partial charge in [-0.15, -0.1) is 0 Å². The first kappa shape index (κ1) is 13.2. The zero-order chi connectivity index (χ0) is 15.3. The van der Waals surface area contributed by atoms with Gasteiger partial charge in [0.25, 0.3) is 0 Å². The number of pyridine rings is 1. The maximum atomic E-state index is 13.6. The number of hydrazone groups is 1. The number of hydrogen-bond donors (Lipinski definition) is 0. The number of para-hydroxylation sites is 1. The molecule has 3 atom stereocenters. The summed E-state index contributed by atoms with van der Waals surface area (Å²) in [5.74, 6) is 0.970. The molecule has 5 heteroatoms. The first-order chi connectivity index (χ1) is 10.7. The molecular weight excluding hydrogens is 279 g/mol. The van der Waals surface area contributed by atoms with E-state index in [4.69, 9.17) is 0 Å². The van der Waals surface area contributed by atoms with Crippen molar-refractivity contribution in [2.24, 2.45) is 11.0 Å². The summed E-state index contributed by atoms with van der Waals surface area (Å²) in [5.41, 5.74) is 2.03. The topological polar surface area (TPSA) is 31.7 Å². The Morgan fingerprint density at radius 2 is 1.91 bits per heavy atom. The Morgan fingerprint density at radius 1 is 1.14 bits per heavy atom. The first-order valence-corrected chi connectivity index (χ1v) is 7.49. The van der Waals surface area contributed by atoms with Crippen LogP contribution < -0.4 is 9.91 Å². The highest BCUT2D eigenvalue weighted by molar-refractivity contribution is 5.85. The van der Waals surface area contributed by atoms with Crippen LogP contribution in [0.3, 0.4) is 0 Å². The molecule has 0 spiro atoms. The fraction of sp³-hybridized carbons (Fsp3) is 0.294. The van der Waals surface area contributed by atoms with E-state index in [2.05, 4.69) is 41.0 Å². The standard InChI is InChI=1S/C17H17FN4/c1-11-12(2)17-21(14-6-4-3-5-7-14)10-20-22(17)16-15(11)8-13(18)9-19-16/h3-12,17H,1-2H3. The molecule has 0 bridgehead atoms. The van der Waals surface area contributed by atoms with E-state index in [-0.39, 0.29) is 17.9 Å². The number of aromatic nitrogens is 1. The Bertz CT molecular complexity index is 731. The van der Waals surface area contributed by atoms with Crippen molar-refractivity contribution in [3.8, 4) is 0 Å². The van der Waals surface area contributed by atoms with E-state index < -0.39 is 0 Å². The largest absolute Gasteiger partial charge is 0.308 e. The van der Waals surface area contributed by atoms with E-state index in [0.29, 0.717) is 5.92 Å². The van der Waals surface area contributed by atoms with Crippen molar-refractivity contribution in [2.75, 3.05) is 9.91 Å². The highest BCUT2D eigenvalue weighted by Crippen LogP contribution is 2.44. The third-order valence-corrected chi connectivity index (χ3v) is 4.72. The maximum Gasteiger partial charge on any atom is 0.154 e. The summed E-state index contributed by atoms with van der Waals surface area (Å²) < 4.78 is 13.6. The van der Waals surface area contributed by atoms with Crippen LogP contribution in [0.15, 0.2) is 47.7 Å². The molecule has 1 aromatic carbocycles. The second-order valence-corrected chi connectivity index (χ2v) is 5.95. The summed E-state index contributed by atoms with van der Waals surface area (Å²) in [5, 5.41) is 6.43. The minimum Gasteiger partial charge on any atom is -0.308 e. The molecule has 22 heavy (non-hydrogen) atoms. The van der Waals surface area contributed by atoms with Gasteiger partial charge in [-0.05, 0) is 24.1 Å². The third-order valence-electron chi connectivity index (χ3n) is 4.72. The van der Waals surface area contributed by atoms with E-state index in [9.17, 15) is 4.39 Å². The summed E-state index contributed by atoms with van der Waals surface area (Å²) in [6.07, 6.45) is 3.17. The van der Waals surface area contributed by atoms with Crippen molar-refractivity contribution in [2.45, 2.75) is 25.9 Å². The Kier molecular flexibility index (Phi) is 2.89. The Hall–Kier alpha value is -2.43. The lowest BCUT2D eigenvalue weighted by molar-refractivity contribution is 0.370. The van der Waals surface area contributed by atoms with Gasteiger partial charge in [-0.1, -0.05) is 32.0 Å². The first-order valence-electron chi connectivity index (χ1n) is 7.49. The van der Waals surface area contributed by atoms with Crippen LogP contribution in [0.1, 0.15) is 25.3 Å². The molecule has 0 saturated carbocycles. The van der Waals surface area contributed by atoms with E-state index in [0.717, 1.165) is 17.1 Å². The molecule has 4 nitrogen and oxygen atoms in total. The van der Waals surface area contributed by atoms with Crippen molar-refractivity contribution in [3.63, 3.8) is 0 Å². The second kappa shape index (κ2) is 4.80. The zero-order valence-corrected chi connectivity index (χ0v) is 12.5. The van der Waals surface area contributed by atoms with Crippen LogP contribution in [0.2, 0.25) is 0 Å². The average molecular weight is 296 g/mol. The lowest BCUT2D eigenvalue weighted by Gasteiger charge is -2.42. The van der Waals surface area contributed by atoms with Crippen molar-refractivity contribution in [1.82, 2.24) is 4.98 Å². The van der Waals surface area contributed by atoms with Crippen molar-refractivity contribution in [1.29, 1.82) is 0 Å². The Morgan fingerprint density at radius 3 is 2.68 bits per heavy atom. The number of anilines is 2. The molecule has 2 aliphatic heterocycles. The fourth-order valence-corrected chi connectivity index (χ4v) is 3.36. The van der Waals surface area contributed by atoms with Crippen LogP contribution in [0, 0.1) is 11.7 Å². The lowest BCUT2D eigenvalue weighted by Crippen LogP contribution is -2.49. The van der Waals surface area contributed by atoms with Crippen LogP contribution >= 0.6 is 0 Å². The molecule has 0 N–H and O–H groups in total. The summed E-state index contributed by atoms with van der Waals surface area (Å²) in [4.78, 5) is 6.45. The van der Waals surface area contributed by atoms with Crippen LogP contribution in [0.25, 0.3) is 0 Å². The average Bonchev–Trinajstić information content (AvgIpc) is 2.98. The van der Waals surface area contributed by atoms with E-state index in [1.807, 2.05) is 29.5 Å². The van der Waals surface area contributed by atoms with Gasteiger partial charge < -0.3 is 4.90 Å². The van der Waals surface area contributed by atoms with Gasteiger partial charge in [0.05, 0.1) is 6.20 Å². The Balaban J connectivity index is 1.79. The predicted octanol–water partition coefficient (Wildman–Crippen LogP) is 3.57. The van der Waals surface area contributed by atoms with Crippen LogP contribution in [0.5, 0.6) is 0 Å². The summed E-state index contributed by atoms with van der Waals surface area (Å²) >= 11 is 0. The van der Waals surface area contributed by atoms with Gasteiger partial charge >= 0.3 is 0 Å². The van der Waals surface area contributed by atoms with Gasteiger partial charge in [0, 0.05) is 17.2 Å². The highest BCUT2D eigenvalue weighted by atomic mass is 19.1. The van der Waals surface area contributed by atoms with E-state index >= 15 is 0 Å². The number of fused-ring (bicyclic) bond motifs is 3. The summed E-state index contributed by atoms with van der Waals surface area (Å²) in [7, 11) is 0. The molecule has 0 fully saturated rings. The highest BCUT2D eigenvalue weighted by Gasteiger charge is 2.43. The molecule has 0 saturated heterocycles. The number of benzene rings is 1. The van der Waals surface area contributed by atoms with Crippen molar-refractivity contribution < 1.29 is 4.39 Å². The van der Waals surface area contributed by atoms with Gasteiger partial charge in [0.2, 0.25) is 0 Å². The third kappa shape index (κ3) is 1.81. The zero-order valence-electron chi connectivity index (χ0n) is 12.5. The second-order valence-electron chi connectivity index (χ2n) is 5.95. The summed E-state index contributed by atoms with van der Waals surface area (Å²) in [6, 6.07) is 11.8. The molecule has 2 aliphatic rings. The SMILES string of the molecule is CC1c2cc(F)cnc2N2N=CN(c3ccccc3)C2C1C. The molecule has 1 aromatic heterocycles. The number of nitrogens with zero attached hydrogens (tertiary/aromatic N) is 4. The normalized spacial score (nSPS) is 26.0. The van der Waals surface area contributed by atoms with Gasteiger partial charge in [-0.3, -0.25) is 0 Å². The number of hydrogen-bond acceptors (Lipinski definition) is 4. The molecule has 0 aliphatic carbocycles. The molecule has 3 unspecified atom stereocenters. The van der Waals surface area contributed by atoms with Gasteiger partial charge in [0.15, 0.2) is 5.82 Å². The summed E-state index contributed by atoms with van der Waals surface area (Å²) in [6.45, 7) is 4.31. The van der Waals surface area contributed by atoms with Crippen LogP contribution in [-0.4, -0.2) is 17.5 Å². The number of halogens is 1. The molecule has 0 radical (unpaired) electrons. The molecule has 3 heterocycles. The van der Waals surface area contributed by atoms with Crippen molar-refractivity contribution >= 4 is 17.8 Å².